The summed E-state index contributed by atoms with van der Waals surface area (Å²) in [4.78, 5) is 30.0. The van der Waals surface area contributed by atoms with E-state index in [0.717, 1.165) is 48.0 Å². The summed E-state index contributed by atoms with van der Waals surface area (Å²) in [5, 5.41) is 12.2. The number of carbonyl (C=O) groups is 2. The fourth-order valence-electron chi connectivity index (χ4n) is 5.35. The standard InChI is InChI=1S/C29H32N2O4.ClH/c1-19-9-10-26(20(2)15-19)35-18-23(32)17-30-13-11-21(12-14-30)16-31-28(33)24-7-3-5-22-6-4-8-25(27(22)24)29(31)34;/h3-10,15,21,23,32H,11-14,16-18H2,1-2H3;1H. The molecule has 6 nitrogen and oxygen atoms in total. The van der Waals surface area contributed by atoms with Crippen molar-refractivity contribution >= 4 is 35.0 Å². The highest BCUT2D eigenvalue weighted by atomic mass is 35.5. The first kappa shape index (κ1) is 26.1. The van der Waals surface area contributed by atoms with Crippen LogP contribution in [0.4, 0.5) is 0 Å². The van der Waals surface area contributed by atoms with Gasteiger partial charge in [0.25, 0.3) is 11.8 Å². The second kappa shape index (κ2) is 11.0. The number of amides is 2. The number of aryl methyl sites for hydroxylation is 2. The molecule has 1 atom stereocenters. The van der Waals surface area contributed by atoms with Crippen molar-refractivity contribution in [2.75, 3.05) is 32.8 Å². The molecule has 1 fully saturated rings. The number of hydrogen-bond acceptors (Lipinski definition) is 5. The zero-order chi connectivity index (χ0) is 24.5. The summed E-state index contributed by atoms with van der Waals surface area (Å²) in [5.41, 5.74) is 3.48. The molecule has 1 N–H and O–H groups in total. The van der Waals surface area contributed by atoms with Crippen LogP contribution in [0.3, 0.4) is 0 Å². The molecule has 0 aromatic heterocycles. The van der Waals surface area contributed by atoms with Crippen molar-refractivity contribution in [2.24, 2.45) is 5.92 Å². The number of β-amino-alcohol motifs (C(OH)–C–C–N with tert-alkyl or cyclic N) is 1. The highest BCUT2D eigenvalue weighted by molar-refractivity contribution is 6.25. The maximum Gasteiger partial charge on any atom is 0.261 e. The van der Waals surface area contributed by atoms with Crippen LogP contribution in [0.1, 0.15) is 44.7 Å². The number of benzene rings is 3. The second-order valence-corrected chi connectivity index (χ2v) is 9.91. The SMILES string of the molecule is Cc1ccc(OCC(O)CN2CCC(CN3C(=O)c4cccc5cccc(c45)C3=O)CC2)c(C)c1.Cl. The molecule has 1 unspecified atom stereocenters. The molecule has 2 aliphatic rings. The number of aliphatic hydroxyl groups is 1. The van der Waals surface area contributed by atoms with E-state index in [1.807, 2.05) is 62.4 Å². The molecule has 0 spiro atoms. The summed E-state index contributed by atoms with van der Waals surface area (Å²) >= 11 is 0. The van der Waals surface area contributed by atoms with E-state index in [0.29, 0.717) is 24.2 Å². The molecule has 190 valence electrons. The number of likely N-dealkylation sites (tertiary alicyclic amines) is 1. The van der Waals surface area contributed by atoms with Crippen LogP contribution in [0.25, 0.3) is 10.8 Å². The Morgan fingerprint density at radius 1 is 0.972 bits per heavy atom. The Balaban J connectivity index is 0.00000304. The first-order valence-electron chi connectivity index (χ1n) is 12.4. The fourth-order valence-corrected chi connectivity index (χ4v) is 5.35. The van der Waals surface area contributed by atoms with E-state index in [1.165, 1.54) is 10.5 Å². The van der Waals surface area contributed by atoms with E-state index in [4.69, 9.17) is 4.74 Å². The van der Waals surface area contributed by atoms with Gasteiger partial charge >= 0.3 is 0 Å². The summed E-state index contributed by atoms with van der Waals surface area (Å²) in [6.45, 7) is 6.96. The molecular weight excluding hydrogens is 476 g/mol. The minimum Gasteiger partial charge on any atom is -0.491 e. The normalized spacial score (nSPS) is 17.2. The van der Waals surface area contributed by atoms with Crippen LogP contribution in [-0.2, 0) is 0 Å². The zero-order valence-corrected chi connectivity index (χ0v) is 21.6. The van der Waals surface area contributed by atoms with Gasteiger partial charge in [0.2, 0.25) is 0 Å². The van der Waals surface area contributed by atoms with E-state index in [2.05, 4.69) is 11.0 Å². The monoisotopic (exact) mass is 508 g/mol. The smallest absolute Gasteiger partial charge is 0.261 e. The van der Waals surface area contributed by atoms with Crippen molar-refractivity contribution in [3.05, 3.63) is 76.9 Å². The summed E-state index contributed by atoms with van der Waals surface area (Å²) in [5.74, 6) is 0.676. The molecule has 36 heavy (non-hydrogen) atoms. The predicted octanol–water partition coefficient (Wildman–Crippen LogP) is 4.63. The molecule has 0 bridgehead atoms. The van der Waals surface area contributed by atoms with E-state index in [-0.39, 0.29) is 36.7 Å². The third kappa shape index (κ3) is 5.26. The van der Waals surface area contributed by atoms with Gasteiger partial charge in [0, 0.05) is 29.6 Å². The minimum atomic E-state index is -0.575. The average molecular weight is 509 g/mol. The van der Waals surface area contributed by atoms with E-state index < -0.39 is 6.10 Å². The molecule has 3 aromatic carbocycles. The number of nitrogens with zero attached hydrogens (tertiary/aromatic N) is 2. The van der Waals surface area contributed by atoms with Crippen LogP contribution in [0, 0.1) is 19.8 Å². The molecule has 0 radical (unpaired) electrons. The van der Waals surface area contributed by atoms with Crippen LogP contribution < -0.4 is 4.74 Å². The Labute approximate surface area is 218 Å². The molecule has 1 saturated heterocycles. The molecule has 0 aliphatic carbocycles. The Morgan fingerprint density at radius 2 is 1.61 bits per heavy atom. The van der Waals surface area contributed by atoms with E-state index in [1.54, 1.807) is 0 Å². The van der Waals surface area contributed by atoms with Crippen LogP contribution in [-0.4, -0.2) is 65.6 Å². The highest BCUT2D eigenvalue weighted by Gasteiger charge is 2.34. The molecular formula is C29H33ClN2O4. The second-order valence-electron chi connectivity index (χ2n) is 9.91. The van der Waals surface area contributed by atoms with Gasteiger partial charge in [-0.1, -0.05) is 42.0 Å². The number of ether oxygens (including phenoxy) is 1. The van der Waals surface area contributed by atoms with Gasteiger partial charge in [-0.2, -0.15) is 0 Å². The van der Waals surface area contributed by atoms with Gasteiger partial charge in [-0.05, 0) is 74.8 Å². The number of hydrogen-bond donors (Lipinski definition) is 1. The first-order valence-corrected chi connectivity index (χ1v) is 12.4. The number of rotatable bonds is 7. The average Bonchev–Trinajstić information content (AvgIpc) is 2.85. The maximum atomic E-state index is 13.2. The van der Waals surface area contributed by atoms with Crippen molar-refractivity contribution in [3.63, 3.8) is 0 Å². The lowest BCUT2D eigenvalue weighted by Gasteiger charge is -2.36. The number of imide groups is 1. The van der Waals surface area contributed by atoms with Gasteiger partial charge < -0.3 is 14.7 Å². The van der Waals surface area contributed by atoms with Crippen molar-refractivity contribution in [2.45, 2.75) is 32.8 Å². The number of carbonyl (C=O) groups excluding carboxylic acids is 2. The van der Waals surface area contributed by atoms with E-state index in [9.17, 15) is 14.7 Å². The molecule has 2 aliphatic heterocycles. The number of halogens is 1. The van der Waals surface area contributed by atoms with E-state index >= 15 is 0 Å². The maximum absolute atomic E-state index is 13.2. The van der Waals surface area contributed by atoms with Gasteiger partial charge in [-0.25, -0.2) is 0 Å². The highest BCUT2D eigenvalue weighted by Crippen LogP contribution is 2.31. The minimum absolute atomic E-state index is 0. The van der Waals surface area contributed by atoms with Crippen molar-refractivity contribution in [3.8, 4) is 5.75 Å². The predicted molar refractivity (Wildman–Crippen MR) is 143 cm³/mol. The van der Waals surface area contributed by atoms with Crippen molar-refractivity contribution in [1.82, 2.24) is 9.80 Å². The molecule has 3 aromatic rings. The lowest BCUT2D eigenvalue weighted by atomic mass is 9.91. The summed E-state index contributed by atoms with van der Waals surface area (Å²) < 4.78 is 5.83. The fraction of sp³-hybridized carbons (Fsp3) is 0.379. The first-order chi connectivity index (χ1) is 16.9. The topological polar surface area (TPSA) is 70.1 Å². The van der Waals surface area contributed by atoms with Crippen LogP contribution in [0.2, 0.25) is 0 Å². The molecule has 2 heterocycles. The third-order valence-electron chi connectivity index (χ3n) is 7.23. The Morgan fingerprint density at radius 3 is 2.22 bits per heavy atom. The Bertz CT molecular complexity index is 1220. The number of aliphatic hydroxyl groups excluding tert-OH is 1. The molecule has 7 heteroatoms. The van der Waals surface area contributed by atoms with Gasteiger partial charge in [-0.15, -0.1) is 12.4 Å². The molecule has 5 rings (SSSR count). The van der Waals surface area contributed by atoms with Gasteiger partial charge in [-0.3, -0.25) is 14.5 Å². The molecule has 0 saturated carbocycles. The van der Waals surface area contributed by atoms with Crippen LogP contribution >= 0.6 is 12.4 Å². The van der Waals surface area contributed by atoms with Crippen LogP contribution in [0.5, 0.6) is 5.75 Å². The summed E-state index contributed by atoms with van der Waals surface area (Å²) in [7, 11) is 0. The van der Waals surface area contributed by atoms with Gasteiger partial charge in [0.15, 0.2) is 0 Å². The lowest BCUT2D eigenvalue weighted by Crippen LogP contribution is -2.46. The molecule has 2 amide bonds. The van der Waals surface area contributed by atoms with Gasteiger partial charge in [0.05, 0.1) is 0 Å². The number of piperidine rings is 1. The third-order valence-corrected chi connectivity index (χ3v) is 7.23. The lowest BCUT2D eigenvalue weighted by molar-refractivity contribution is 0.0452. The van der Waals surface area contributed by atoms with Crippen molar-refractivity contribution < 1.29 is 19.4 Å². The van der Waals surface area contributed by atoms with Crippen LogP contribution in [0.15, 0.2) is 54.6 Å². The zero-order valence-electron chi connectivity index (χ0n) is 20.8. The Kier molecular flexibility index (Phi) is 7.98. The largest absolute Gasteiger partial charge is 0.491 e. The van der Waals surface area contributed by atoms with Crippen molar-refractivity contribution in [1.29, 1.82) is 0 Å². The summed E-state index contributed by atoms with van der Waals surface area (Å²) in [6.07, 6.45) is 1.19. The quantitative estimate of drug-likeness (QED) is 0.471. The van der Waals surface area contributed by atoms with Gasteiger partial charge in [0.1, 0.15) is 18.5 Å². The summed E-state index contributed by atoms with van der Waals surface area (Å²) in [6, 6.07) is 17.3. The Hall–Kier alpha value is -2.93.